The fraction of sp³-hybridized carbons (Fsp3) is 0.417. The number of hydrogen-bond acceptors (Lipinski definition) is 3. The molecule has 0 radical (unpaired) electrons. The molecular weight excluding hydrogens is 228 g/mol. The number of carbonyl (C=O) groups is 1. The smallest absolute Gasteiger partial charge is 0.179 e. The average Bonchev–Trinajstić information content (AvgIpc) is 2.26. The minimum Gasteiger partial charge on any atom is -0.493 e. The van der Waals surface area contributed by atoms with E-state index < -0.39 is 0 Å². The van der Waals surface area contributed by atoms with Crippen LogP contribution in [0.25, 0.3) is 0 Å². The number of rotatable bonds is 5. The maximum Gasteiger partial charge on any atom is 0.179 e. The van der Waals surface area contributed by atoms with Crippen molar-refractivity contribution in [1.82, 2.24) is 0 Å². The second-order valence-electron chi connectivity index (χ2n) is 3.48. The van der Waals surface area contributed by atoms with Crippen LogP contribution in [-0.4, -0.2) is 20.0 Å². The first-order chi connectivity index (χ1) is 7.60. The van der Waals surface area contributed by atoms with Gasteiger partial charge in [-0.05, 0) is 25.0 Å². The summed E-state index contributed by atoms with van der Waals surface area (Å²) >= 11 is 6.16. The van der Waals surface area contributed by atoms with E-state index in [4.69, 9.17) is 21.1 Å². The van der Waals surface area contributed by atoms with Gasteiger partial charge in [-0.1, -0.05) is 17.7 Å². The number of carbonyl (C=O) groups excluding carboxylic acids is 1. The molecule has 1 aromatic rings. The maximum atomic E-state index is 10.9. The summed E-state index contributed by atoms with van der Waals surface area (Å²) in [7, 11) is 3.10. The van der Waals surface area contributed by atoms with Crippen molar-refractivity contribution in [3.8, 4) is 11.5 Å². The van der Waals surface area contributed by atoms with E-state index in [2.05, 4.69) is 0 Å². The van der Waals surface area contributed by atoms with E-state index in [1.54, 1.807) is 27.2 Å². The summed E-state index contributed by atoms with van der Waals surface area (Å²) in [5.74, 6) is 1.26. The fourth-order valence-electron chi connectivity index (χ4n) is 1.43. The molecule has 0 atom stereocenters. The summed E-state index contributed by atoms with van der Waals surface area (Å²) < 4.78 is 10.3. The molecule has 0 heterocycles. The van der Waals surface area contributed by atoms with Crippen LogP contribution in [0.5, 0.6) is 11.5 Å². The Balaban J connectivity index is 2.99. The molecule has 0 saturated heterocycles. The highest BCUT2D eigenvalue weighted by Gasteiger charge is 2.13. The normalized spacial score (nSPS) is 10.0. The second-order valence-corrected chi connectivity index (χ2v) is 3.85. The van der Waals surface area contributed by atoms with Crippen molar-refractivity contribution >= 4 is 17.4 Å². The van der Waals surface area contributed by atoms with Crippen LogP contribution in [-0.2, 0) is 11.2 Å². The molecule has 16 heavy (non-hydrogen) atoms. The lowest BCUT2D eigenvalue weighted by Gasteiger charge is -2.12. The minimum absolute atomic E-state index is 0.144. The molecule has 0 bridgehead atoms. The number of methoxy groups -OCH3 is 2. The molecule has 0 aliphatic carbocycles. The van der Waals surface area contributed by atoms with Gasteiger partial charge in [0.25, 0.3) is 0 Å². The molecule has 0 aliphatic rings. The largest absolute Gasteiger partial charge is 0.493 e. The van der Waals surface area contributed by atoms with Gasteiger partial charge in [0.1, 0.15) is 5.78 Å². The molecule has 0 aromatic heterocycles. The van der Waals surface area contributed by atoms with Crippen LogP contribution in [0.15, 0.2) is 12.1 Å². The number of hydrogen-bond donors (Lipinski definition) is 0. The van der Waals surface area contributed by atoms with E-state index in [-0.39, 0.29) is 5.78 Å². The Hall–Kier alpha value is -1.22. The second kappa shape index (κ2) is 5.75. The third-order valence-corrected chi connectivity index (χ3v) is 2.73. The van der Waals surface area contributed by atoms with Crippen molar-refractivity contribution in [3.63, 3.8) is 0 Å². The molecule has 1 aromatic carbocycles. The lowest BCUT2D eigenvalue weighted by Crippen LogP contribution is -1.98. The quantitative estimate of drug-likeness (QED) is 0.797. The zero-order chi connectivity index (χ0) is 12.1. The summed E-state index contributed by atoms with van der Waals surface area (Å²) in [5, 5.41) is 0.517. The van der Waals surface area contributed by atoms with Gasteiger partial charge < -0.3 is 14.3 Å². The molecule has 0 N–H and O–H groups in total. The number of halogens is 1. The summed E-state index contributed by atoms with van der Waals surface area (Å²) in [4.78, 5) is 10.9. The predicted molar refractivity (Wildman–Crippen MR) is 63.6 cm³/mol. The van der Waals surface area contributed by atoms with Gasteiger partial charge in [-0.15, -0.1) is 0 Å². The molecule has 0 fully saturated rings. The van der Waals surface area contributed by atoms with E-state index >= 15 is 0 Å². The Morgan fingerprint density at radius 1 is 1.31 bits per heavy atom. The highest BCUT2D eigenvalue weighted by molar-refractivity contribution is 6.33. The SMILES string of the molecule is COc1ccc(CCC(C)=O)c(Cl)c1OC. The Labute approximate surface area is 100 Å². The Bertz CT molecular complexity index is 388. The van der Waals surface area contributed by atoms with Crippen LogP contribution in [0.3, 0.4) is 0 Å². The van der Waals surface area contributed by atoms with Crippen LogP contribution in [0.2, 0.25) is 5.02 Å². The summed E-state index contributed by atoms with van der Waals surface area (Å²) in [6, 6.07) is 3.65. The van der Waals surface area contributed by atoms with Crippen LogP contribution >= 0.6 is 11.6 Å². The zero-order valence-electron chi connectivity index (χ0n) is 9.67. The van der Waals surface area contributed by atoms with Crippen LogP contribution in [0, 0.1) is 0 Å². The first-order valence-corrected chi connectivity index (χ1v) is 5.36. The highest BCUT2D eigenvalue weighted by Crippen LogP contribution is 2.37. The van der Waals surface area contributed by atoms with E-state index in [0.717, 1.165) is 5.56 Å². The van der Waals surface area contributed by atoms with Gasteiger partial charge in [-0.2, -0.15) is 0 Å². The van der Waals surface area contributed by atoms with Crippen molar-refractivity contribution in [2.24, 2.45) is 0 Å². The molecule has 0 aliphatic heterocycles. The number of Topliss-reactive ketones (excluding diaryl/α,β-unsaturated/α-hetero) is 1. The molecule has 0 spiro atoms. The monoisotopic (exact) mass is 242 g/mol. The molecule has 0 amide bonds. The minimum atomic E-state index is 0.144. The molecule has 88 valence electrons. The molecule has 0 unspecified atom stereocenters. The molecule has 1 rings (SSSR count). The fourth-order valence-corrected chi connectivity index (χ4v) is 1.76. The van der Waals surface area contributed by atoms with Crippen molar-refractivity contribution in [2.45, 2.75) is 19.8 Å². The Morgan fingerprint density at radius 3 is 2.50 bits per heavy atom. The van der Waals surface area contributed by atoms with Gasteiger partial charge in [0.05, 0.1) is 19.2 Å². The topological polar surface area (TPSA) is 35.5 Å². The molecule has 3 nitrogen and oxygen atoms in total. The van der Waals surface area contributed by atoms with E-state index in [9.17, 15) is 4.79 Å². The summed E-state index contributed by atoms with van der Waals surface area (Å²) in [6.07, 6.45) is 1.10. The standard InChI is InChI=1S/C12H15ClO3/c1-8(14)4-5-9-6-7-10(15-2)12(16-3)11(9)13/h6-7H,4-5H2,1-3H3. The molecule has 4 heteroatoms. The van der Waals surface area contributed by atoms with Gasteiger partial charge in [0.15, 0.2) is 11.5 Å². The molecule has 0 saturated carbocycles. The Morgan fingerprint density at radius 2 is 2.00 bits per heavy atom. The van der Waals surface area contributed by atoms with E-state index in [0.29, 0.717) is 29.4 Å². The van der Waals surface area contributed by atoms with Gasteiger partial charge in [0, 0.05) is 6.42 Å². The number of ketones is 1. The van der Waals surface area contributed by atoms with Crippen molar-refractivity contribution in [3.05, 3.63) is 22.7 Å². The van der Waals surface area contributed by atoms with Crippen LogP contribution in [0.1, 0.15) is 18.9 Å². The predicted octanol–water partition coefficient (Wildman–Crippen LogP) is 2.88. The number of ether oxygens (including phenoxy) is 2. The first kappa shape index (κ1) is 12.8. The Kier molecular flexibility index (Phi) is 4.62. The summed E-state index contributed by atoms with van der Waals surface area (Å²) in [6.45, 7) is 1.56. The van der Waals surface area contributed by atoms with Gasteiger partial charge >= 0.3 is 0 Å². The van der Waals surface area contributed by atoms with Crippen LogP contribution < -0.4 is 9.47 Å². The number of aryl methyl sites for hydroxylation is 1. The average molecular weight is 243 g/mol. The van der Waals surface area contributed by atoms with E-state index in [1.165, 1.54) is 0 Å². The maximum absolute atomic E-state index is 10.9. The lowest BCUT2D eigenvalue weighted by molar-refractivity contribution is -0.116. The van der Waals surface area contributed by atoms with Crippen molar-refractivity contribution < 1.29 is 14.3 Å². The van der Waals surface area contributed by atoms with Gasteiger partial charge in [-0.25, -0.2) is 0 Å². The van der Waals surface area contributed by atoms with Crippen molar-refractivity contribution in [1.29, 1.82) is 0 Å². The van der Waals surface area contributed by atoms with Gasteiger partial charge in [-0.3, -0.25) is 0 Å². The van der Waals surface area contributed by atoms with Gasteiger partial charge in [0.2, 0.25) is 0 Å². The van der Waals surface area contributed by atoms with Crippen LogP contribution in [0.4, 0.5) is 0 Å². The highest BCUT2D eigenvalue weighted by atomic mass is 35.5. The summed E-state index contributed by atoms with van der Waals surface area (Å²) in [5.41, 5.74) is 0.898. The molecular formula is C12H15ClO3. The first-order valence-electron chi connectivity index (χ1n) is 4.99. The lowest BCUT2D eigenvalue weighted by atomic mass is 10.1. The zero-order valence-corrected chi connectivity index (χ0v) is 10.4. The van der Waals surface area contributed by atoms with E-state index in [1.807, 2.05) is 6.07 Å². The third-order valence-electron chi connectivity index (χ3n) is 2.31. The third kappa shape index (κ3) is 2.89. The number of benzene rings is 1. The van der Waals surface area contributed by atoms with Crippen molar-refractivity contribution in [2.75, 3.05) is 14.2 Å².